The van der Waals surface area contributed by atoms with E-state index in [4.69, 9.17) is 23.7 Å². The minimum absolute atomic E-state index is 0.109. The molecule has 0 bridgehead atoms. The Morgan fingerprint density at radius 2 is 1.41 bits per heavy atom. The van der Waals surface area contributed by atoms with Crippen LogP contribution in [0.3, 0.4) is 0 Å². The van der Waals surface area contributed by atoms with Gasteiger partial charge in [-0.3, -0.25) is 25.1 Å². The summed E-state index contributed by atoms with van der Waals surface area (Å²) in [7, 11) is 3.74. The van der Waals surface area contributed by atoms with Crippen LogP contribution < -0.4 is 15.5 Å². The Morgan fingerprint density at radius 1 is 0.836 bits per heavy atom. The highest BCUT2D eigenvalue weighted by Gasteiger charge is 2.28. The van der Waals surface area contributed by atoms with Gasteiger partial charge >= 0.3 is 6.09 Å². The first-order valence-corrected chi connectivity index (χ1v) is 22.0. The Balaban J connectivity index is 0. The van der Waals surface area contributed by atoms with Gasteiger partial charge in [0.2, 0.25) is 0 Å². The first kappa shape index (κ1) is 59.0. The van der Waals surface area contributed by atoms with E-state index in [0.717, 1.165) is 25.8 Å². The van der Waals surface area contributed by atoms with Crippen molar-refractivity contribution < 1.29 is 57.1 Å². The summed E-state index contributed by atoms with van der Waals surface area (Å²) in [6.45, 7) is 19.6. The Labute approximate surface area is 364 Å². The average molecular weight is 888 g/mol. The van der Waals surface area contributed by atoms with Crippen LogP contribution in [0.25, 0.3) is 11.2 Å². The fraction of sp³-hybridized carbons (Fsp3) is 0.707. The molecule has 2 aromatic rings. The number of amides is 1. The molecule has 1 amide bonds. The number of anilines is 1. The lowest BCUT2D eigenvalue weighted by Crippen LogP contribution is -2.46. The molecule has 0 aliphatic carbocycles. The fourth-order valence-electron chi connectivity index (χ4n) is 4.59. The number of carbonyl (C=O) groups excluding carboxylic acids is 5. The number of fused-ring (bicyclic) bond motifs is 1. The second-order valence-corrected chi connectivity index (χ2v) is 16.0. The number of unbranched alkanes of at least 4 members (excludes halogenated alkanes) is 6. The van der Waals surface area contributed by atoms with Crippen LogP contribution in [-0.2, 0) is 58.9 Å². The van der Waals surface area contributed by atoms with Crippen LogP contribution in [0.5, 0.6) is 0 Å². The summed E-state index contributed by atoms with van der Waals surface area (Å²) in [5.41, 5.74) is -0.576. The lowest BCUT2D eigenvalue weighted by molar-refractivity contribution is -0.132. The molecule has 0 radical (unpaired) electrons. The highest BCUT2D eigenvalue weighted by Crippen LogP contribution is 2.32. The summed E-state index contributed by atoms with van der Waals surface area (Å²) in [5, 5.41) is 9.00. The quantitative estimate of drug-likeness (QED) is 0.0250. The van der Waals surface area contributed by atoms with E-state index in [1.807, 2.05) is 6.92 Å². The third kappa shape index (κ3) is 29.7. The summed E-state index contributed by atoms with van der Waals surface area (Å²) in [6, 6.07) is 0. The van der Waals surface area contributed by atoms with Gasteiger partial charge in [-0.05, 0) is 61.3 Å². The summed E-state index contributed by atoms with van der Waals surface area (Å²) >= 11 is 0. The largest absolute Gasteiger partial charge is 0.498 e. The van der Waals surface area contributed by atoms with Gasteiger partial charge in [-0.1, -0.05) is 52.4 Å². The number of aromatic nitrogens is 4. The Bertz CT molecular complexity index is 1460. The molecule has 0 saturated carbocycles. The van der Waals surface area contributed by atoms with E-state index in [-0.39, 0.29) is 50.2 Å². The molecule has 19 nitrogen and oxygen atoms in total. The second kappa shape index (κ2) is 36.5. The molecule has 61 heavy (non-hydrogen) atoms. The van der Waals surface area contributed by atoms with Gasteiger partial charge in [0.1, 0.15) is 24.7 Å². The zero-order valence-corrected chi connectivity index (χ0v) is 39.5. The number of nitrogens with one attached hydrogen (secondary N) is 3. The van der Waals surface area contributed by atoms with Crippen LogP contribution in [0, 0.1) is 0 Å². The van der Waals surface area contributed by atoms with Gasteiger partial charge in [-0.15, -0.1) is 0 Å². The molecule has 0 spiro atoms. The number of carbonyl (C=O) groups is 5. The highest BCUT2D eigenvalue weighted by atomic mass is 31.1. The van der Waals surface area contributed by atoms with E-state index in [1.54, 1.807) is 66.7 Å². The second-order valence-electron chi connectivity index (χ2n) is 14.5. The molecule has 2 heterocycles. The van der Waals surface area contributed by atoms with Crippen molar-refractivity contribution in [1.29, 1.82) is 0 Å². The van der Waals surface area contributed by atoms with Gasteiger partial charge in [-0.2, -0.15) is 0 Å². The van der Waals surface area contributed by atoms with Crippen molar-refractivity contribution in [3.05, 3.63) is 24.2 Å². The van der Waals surface area contributed by atoms with Crippen molar-refractivity contribution in [3.8, 4) is 0 Å². The van der Waals surface area contributed by atoms with Crippen LogP contribution in [0.1, 0.15) is 114 Å². The molecule has 0 aliphatic rings. The van der Waals surface area contributed by atoms with Gasteiger partial charge < -0.3 is 47.3 Å². The minimum atomic E-state index is -1.19. The predicted molar refractivity (Wildman–Crippen MR) is 236 cm³/mol. The van der Waals surface area contributed by atoms with Gasteiger partial charge in [0.25, 0.3) is 12.9 Å². The van der Waals surface area contributed by atoms with E-state index in [9.17, 15) is 24.0 Å². The Kier molecular flexibility index (Phi) is 35.3. The maximum Gasteiger partial charge on any atom is 0.412 e. The number of nitrogens with zero attached hydrogens (tertiary/aromatic N) is 4. The third-order valence-corrected chi connectivity index (χ3v) is 9.95. The molecule has 2 rings (SSSR count). The number of methoxy groups -OCH3 is 3. The van der Waals surface area contributed by atoms with E-state index in [0.29, 0.717) is 23.5 Å². The van der Waals surface area contributed by atoms with E-state index >= 15 is 0 Å². The molecule has 1 unspecified atom stereocenters. The molecule has 0 fully saturated rings. The normalized spacial score (nSPS) is 11.9. The molecular weight excluding hydrogens is 813 g/mol. The standard InChI is InChI=1S/C20H32N7O5P.C7H10O5.2C7H16O/c1-7-31-18(30)24-16-15-17(22-11-21-16)27(12-23-15)8-14(2)32-13-33(25-19(3,4)9-28)26-20(5,6)10-29;1-6(10-2)7(12-5-9)3-11-4-8;2*1-3-4-5-6-7-8-2/h9-12,14,25-26H,7-8,13H2,1-6H3,(H,21,22,24,30);4-5H,3H2,1-2H3;2*3-7H2,1-2H3/b;7-6-;;. The summed E-state index contributed by atoms with van der Waals surface area (Å²) in [4.78, 5) is 66.8. The Hall–Kier alpha value is -4.13. The molecule has 1 atom stereocenters. The molecule has 0 aliphatic heterocycles. The number of rotatable bonds is 29. The van der Waals surface area contributed by atoms with Crippen molar-refractivity contribution in [3.63, 3.8) is 0 Å². The van der Waals surface area contributed by atoms with Crippen LogP contribution in [0.15, 0.2) is 24.2 Å². The van der Waals surface area contributed by atoms with Crippen LogP contribution in [0.2, 0.25) is 0 Å². The first-order chi connectivity index (χ1) is 29.1. The average Bonchev–Trinajstić information content (AvgIpc) is 3.65. The Morgan fingerprint density at radius 3 is 1.87 bits per heavy atom. The maximum absolute atomic E-state index is 11.7. The molecule has 350 valence electrons. The van der Waals surface area contributed by atoms with Gasteiger partial charge in [-0.25, -0.2) is 19.7 Å². The SMILES string of the molecule is CCCCCCOC.CCCCCCOC.CCOC(=O)Nc1ncnc2c1ncn2CC(C)OCP(NC(C)(C)C=O)NC(C)(C)C=O.CO/C(C)=C(/COC=O)OC=O. The topological polar surface area (TPSA) is 230 Å². The molecular formula is C41H74N7O12P. The van der Waals surface area contributed by atoms with Crippen LogP contribution in [0.4, 0.5) is 10.6 Å². The number of imidazole rings is 1. The van der Waals surface area contributed by atoms with Crippen molar-refractivity contribution in [1.82, 2.24) is 29.7 Å². The lowest BCUT2D eigenvalue weighted by Gasteiger charge is -2.33. The van der Waals surface area contributed by atoms with Crippen molar-refractivity contribution in [2.24, 2.45) is 0 Å². The van der Waals surface area contributed by atoms with Crippen molar-refractivity contribution >= 4 is 56.8 Å². The van der Waals surface area contributed by atoms with Gasteiger partial charge in [0, 0.05) is 27.4 Å². The summed E-state index contributed by atoms with van der Waals surface area (Å²) < 4.78 is 36.1. The fourth-order valence-corrected chi connectivity index (χ4v) is 6.67. The van der Waals surface area contributed by atoms with Gasteiger partial charge in [0.05, 0.1) is 58.3 Å². The first-order valence-electron chi connectivity index (χ1n) is 20.4. The number of hydrogen-bond donors (Lipinski definition) is 3. The van der Waals surface area contributed by atoms with Crippen LogP contribution in [-0.4, -0.2) is 122 Å². The zero-order chi connectivity index (χ0) is 46.5. The number of allylic oxidation sites excluding steroid dienone is 1. The predicted octanol–water partition coefficient (Wildman–Crippen LogP) is 6.84. The number of ether oxygens (including phenoxy) is 7. The minimum Gasteiger partial charge on any atom is -0.498 e. The lowest BCUT2D eigenvalue weighted by atomic mass is 10.1. The van der Waals surface area contributed by atoms with Crippen molar-refractivity contribution in [2.45, 2.75) is 137 Å². The summed E-state index contributed by atoms with van der Waals surface area (Å²) in [5.74, 6) is 0.832. The molecule has 2 aromatic heterocycles. The third-order valence-electron chi connectivity index (χ3n) is 7.85. The molecule has 0 aromatic carbocycles. The number of hydrogen-bond acceptors (Lipinski definition) is 17. The van der Waals surface area contributed by atoms with E-state index in [2.05, 4.69) is 53.8 Å². The molecule has 0 saturated heterocycles. The van der Waals surface area contributed by atoms with Crippen molar-refractivity contribution in [2.75, 3.05) is 59.4 Å². The molecule has 3 N–H and O–H groups in total. The van der Waals surface area contributed by atoms with Gasteiger partial charge in [0.15, 0.2) is 29.3 Å². The van der Waals surface area contributed by atoms with E-state index in [1.165, 1.54) is 64.8 Å². The maximum atomic E-state index is 11.7. The highest BCUT2D eigenvalue weighted by molar-refractivity contribution is 7.53. The van der Waals surface area contributed by atoms with Crippen LogP contribution >= 0.6 is 8.22 Å². The smallest absolute Gasteiger partial charge is 0.412 e. The summed E-state index contributed by atoms with van der Waals surface area (Å²) in [6.07, 6.45) is 14.4. The molecule has 20 heteroatoms. The van der Waals surface area contributed by atoms with E-state index < -0.39 is 25.4 Å². The monoisotopic (exact) mass is 888 g/mol. The number of aldehydes is 2. The zero-order valence-electron chi connectivity index (χ0n) is 38.6.